The lowest BCUT2D eigenvalue weighted by molar-refractivity contribution is -0.139. The van der Waals surface area contributed by atoms with Gasteiger partial charge in [-0.2, -0.15) is 5.10 Å². The molecule has 0 unspecified atom stereocenters. The van der Waals surface area contributed by atoms with Crippen LogP contribution >= 0.6 is 27.7 Å². The molecule has 0 saturated carbocycles. The summed E-state index contributed by atoms with van der Waals surface area (Å²) in [6.07, 6.45) is 0.858. The van der Waals surface area contributed by atoms with E-state index in [1.807, 2.05) is 32.5 Å². The average molecular weight is 350 g/mol. The highest BCUT2D eigenvalue weighted by Crippen LogP contribution is 2.33. The van der Waals surface area contributed by atoms with E-state index < -0.39 is 16.8 Å². The molecule has 1 aromatic heterocycles. The lowest BCUT2D eigenvalue weighted by Gasteiger charge is -2.28. The molecule has 0 aliphatic carbocycles. The first-order chi connectivity index (χ1) is 8.70. The van der Waals surface area contributed by atoms with Crippen molar-refractivity contribution in [3.8, 4) is 0 Å². The number of thioether (sulfide) groups is 1. The smallest absolute Gasteiger partial charge is 0.321 e. The number of hydrogen-bond donors (Lipinski definition) is 2. The van der Waals surface area contributed by atoms with Gasteiger partial charge in [-0.1, -0.05) is 6.92 Å². The first kappa shape index (κ1) is 16.5. The van der Waals surface area contributed by atoms with Gasteiger partial charge in [0.1, 0.15) is 6.04 Å². The molecule has 1 aromatic rings. The van der Waals surface area contributed by atoms with Crippen molar-refractivity contribution in [1.82, 2.24) is 9.78 Å². The van der Waals surface area contributed by atoms with E-state index in [1.54, 1.807) is 0 Å². The van der Waals surface area contributed by atoms with Crippen molar-refractivity contribution in [3.63, 3.8) is 0 Å². The van der Waals surface area contributed by atoms with E-state index in [2.05, 4.69) is 21.0 Å². The van der Waals surface area contributed by atoms with Gasteiger partial charge in [-0.3, -0.25) is 9.48 Å². The maximum absolute atomic E-state index is 11.0. The van der Waals surface area contributed by atoms with E-state index in [1.165, 1.54) is 11.8 Å². The Hall–Kier alpha value is -0.530. The minimum atomic E-state index is -0.976. The normalized spacial score (nSPS) is 13.6. The molecule has 0 aromatic carbocycles. The fourth-order valence-electron chi connectivity index (χ4n) is 1.62. The Kier molecular flexibility index (Phi) is 5.46. The first-order valence-corrected chi connectivity index (χ1v) is 7.81. The number of rotatable bonds is 6. The number of aliphatic carboxylic acids is 1. The van der Waals surface area contributed by atoms with Crippen LogP contribution in [-0.2, 0) is 24.0 Å². The molecule has 0 spiro atoms. The number of hydrogen-bond acceptors (Lipinski definition) is 4. The lowest BCUT2D eigenvalue weighted by Crippen LogP contribution is -2.46. The molecule has 3 N–H and O–H groups in total. The van der Waals surface area contributed by atoms with Crippen molar-refractivity contribution in [2.24, 2.45) is 12.8 Å². The number of halogens is 1. The van der Waals surface area contributed by atoms with Crippen LogP contribution in [0.2, 0.25) is 0 Å². The number of carboxylic acid groups (broad SMARTS) is 1. The molecule has 1 rings (SSSR count). The third-order valence-corrected chi connectivity index (χ3v) is 5.43. The van der Waals surface area contributed by atoms with Gasteiger partial charge in [0.05, 0.1) is 15.9 Å². The number of aromatic nitrogens is 2. The summed E-state index contributed by atoms with van der Waals surface area (Å²) in [5.74, 6) is -0.311. The summed E-state index contributed by atoms with van der Waals surface area (Å²) >= 11 is 5.08. The summed E-state index contributed by atoms with van der Waals surface area (Å²) in [4.78, 5) is 11.0. The van der Waals surface area contributed by atoms with E-state index in [0.29, 0.717) is 5.75 Å². The Labute approximate surface area is 126 Å². The highest BCUT2D eigenvalue weighted by atomic mass is 79.9. The molecular formula is C12H20BrN3O2S. The summed E-state index contributed by atoms with van der Waals surface area (Å²) in [6.45, 7) is 5.75. The number of aryl methyl sites for hydroxylation is 2. The number of nitrogens with zero attached hydrogens (tertiary/aromatic N) is 2. The summed E-state index contributed by atoms with van der Waals surface area (Å²) < 4.78 is 2.30. The van der Waals surface area contributed by atoms with E-state index >= 15 is 0 Å². The fourth-order valence-corrected chi connectivity index (χ4v) is 3.68. The second-order valence-electron chi connectivity index (χ2n) is 4.89. The Morgan fingerprint density at radius 2 is 2.21 bits per heavy atom. The molecule has 0 saturated heterocycles. The Morgan fingerprint density at radius 1 is 1.63 bits per heavy atom. The van der Waals surface area contributed by atoms with Gasteiger partial charge in [-0.05, 0) is 36.2 Å². The second-order valence-corrected chi connectivity index (χ2v) is 7.32. The van der Waals surface area contributed by atoms with Gasteiger partial charge >= 0.3 is 5.97 Å². The monoisotopic (exact) mass is 349 g/mol. The summed E-state index contributed by atoms with van der Waals surface area (Å²) in [5.41, 5.74) is 7.77. The third kappa shape index (κ3) is 3.73. The summed E-state index contributed by atoms with van der Waals surface area (Å²) in [5, 5.41) is 13.4. The van der Waals surface area contributed by atoms with Gasteiger partial charge in [0.2, 0.25) is 0 Å². The Bertz CT molecular complexity index is 474. The topological polar surface area (TPSA) is 81.1 Å². The SMILES string of the molecule is CCc1nn(C)c(CSC(C)(C)[C@H](N)C(=O)O)c1Br. The second kappa shape index (κ2) is 6.28. The minimum absolute atomic E-state index is 0.540. The number of carbonyl (C=O) groups is 1. The van der Waals surface area contributed by atoms with E-state index in [-0.39, 0.29) is 0 Å². The largest absolute Gasteiger partial charge is 0.480 e. The van der Waals surface area contributed by atoms with Crippen LogP contribution in [0.3, 0.4) is 0 Å². The highest BCUT2D eigenvalue weighted by Gasteiger charge is 2.33. The van der Waals surface area contributed by atoms with Gasteiger partial charge in [-0.25, -0.2) is 0 Å². The van der Waals surface area contributed by atoms with Crippen molar-refractivity contribution >= 4 is 33.7 Å². The van der Waals surface area contributed by atoms with Crippen LogP contribution in [0, 0.1) is 0 Å². The fraction of sp³-hybridized carbons (Fsp3) is 0.667. The van der Waals surface area contributed by atoms with Crippen LogP contribution in [0.4, 0.5) is 0 Å². The molecule has 0 fully saturated rings. The molecule has 108 valence electrons. The maximum Gasteiger partial charge on any atom is 0.321 e. The van der Waals surface area contributed by atoms with Crippen LogP contribution in [-0.4, -0.2) is 31.6 Å². The Morgan fingerprint density at radius 3 is 2.63 bits per heavy atom. The number of carboxylic acids is 1. The third-order valence-electron chi connectivity index (χ3n) is 3.10. The lowest BCUT2D eigenvalue weighted by atomic mass is 10.1. The van der Waals surface area contributed by atoms with E-state index in [4.69, 9.17) is 10.8 Å². The van der Waals surface area contributed by atoms with E-state index in [0.717, 1.165) is 22.3 Å². The van der Waals surface area contributed by atoms with Crippen molar-refractivity contribution in [2.45, 2.75) is 43.7 Å². The van der Waals surface area contributed by atoms with Gasteiger partial charge in [0.15, 0.2) is 0 Å². The zero-order chi connectivity index (χ0) is 14.8. The van der Waals surface area contributed by atoms with Crippen LogP contribution in [0.5, 0.6) is 0 Å². The molecule has 0 bridgehead atoms. The zero-order valence-corrected chi connectivity index (χ0v) is 14.0. The molecular weight excluding hydrogens is 330 g/mol. The average Bonchev–Trinajstić information content (AvgIpc) is 2.60. The quantitative estimate of drug-likeness (QED) is 0.822. The van der Waals surface area contributed by atoms with Crippen LogP contribution in [0.1, 0.15) is 32.2 Å². The predicted octanol–water partition coefficient (Wildman–Crippen LogP) is 2.17. The number of nitrogens with two attached hydrogens (primary N) is 1. The molecule has 1 heterocycles. The molecule has 0 aliphatic rings. The highest BCUT2D eigenvalue weighted by molar-refractivity contribution is 9.10. The van der Waals surface area contributed by atoms with Gasteiger partial charge in [0, 0.05) is 17.5 Å². The first-order valence-electron chi connectivity index (χ1n) is 6.03. The molecule has 0 radical (unpaired) electrons. The summed E-state index contributed by atoms with van der Waals surface area (Å²) in [6, 6.07) is -0.893. The maximum atomic E-state index is 11.0. The molecule has 1 atom stereocenters. The molecule has 7 heteroatoms. The standard InChI is InChI=1S/C12H20BrN3O2S/c1-5-7-9(13)8(16(4)15-7)6-19-12(2,3)10(14)11(17)18/h10H,5-6,14H2,1-4H3,(H,17,18)/t10-/m1/s1. The van der Waals surface area contributed by atoms with Crippen LogP contribution in [0.15, 0.2) is 4.47 Å². The van der Waals surface area contributed by atoms with Crippen molar-refractivity contribution in [1.29, 1.82) is 0 Å². The van der Waals surface area contributed by atoms with Crippen molar-refractivity contribution in [3.05, 3.63) is 15.9 Å². The molecule has 19 heavy (non-hydrogen) atoms. The molecule has 0 amide bonds. The Balaban J connectivity index is 2.82. The minimum Gasteiger partial charge on any atom is -0.480 e. The zero-order valence-electron chi connectivity index (χ0n) is 11.6. The van der Waals surface area contributed by atoms with Gasteiger partial charge in [0.25, 0.3) is 0 Å². The van der Waals surface area contributed by atoms with Gasteiger partial charge < -0.3 is 10.8 Å². The van der Waals surface area contributed by atoms with E-state index in [9.17, 15) is 4.79 Å². The van der Waals surface area contributed by atoms with Crippen molar-refractivity contribution in [2.75, 3.05) is 0 Å². The van der Waals surface area contributed by atoms with Gasteiger partial charge in [-0.15, -0.1) is 11.8 Å². The van der Waals surface area contributed by atoms with Crippen LogP contribution in [0.25, 0.3) is 0 Å². The van der Waals surface area contributed by atoms with Crippen LogP contribution < -0.4 is 5.73 Å². The van der Waals surface area contributed by atoms with Crippen molar-refractivity contribution < 1.29 is 9.90 Å². The summed E-state index contributed by atoms with van der Waals surface area (Å²) in [7, 11) is 1.89. The predicted molar refractivity (Wildman–Crippen MR) is 81.3 cm³/mol. The molecule has 0 aliphatic heterocycles. The molecule has 5 nitrogen and oxygen atoms in total.